The second-order valence-corrected chi connectivity index (χ2v) is 12.0. The maximum absolute atomic E-state index is 13.7. The summed E-state index contributed by atoms with van der Waals surface area (Å²) in [7, 11) is 3.84. The predicted molar refractivity (Wildman–Crippen MR) is 174 cm³/mol. The number of anilines is 4. The summed E-state index contributed by atoms with van der Waals surface area (Å²) >= 11 is 0. The number of methoxy groups -OCH3 is 1. The molecule has 12 heteroatoms. The van der Waals surface area contributed by atoms with Gasteiger partial charge in [0, 0.05) is 61.6 Å². The highest BCUT2D eigenvalue weighted by Crippen LogP contribution is 2.34. The first kappa shape index (κ1) is 29.3. The Bertz CT molecular complexity index is 1720. The van der Waals surface area contributed by atoms with Crippen molar-refractivity contribution < 1.29 is 14.3 Å². The van der Waals surface area contributed by atoms with Crippen molar-refractivity contribution in [3.8, 4) is 11.6 Å². The van der Waals surface area contributed by atoms with Crippen LogP contribution in [0.3, 0.4) is 0 Å². The van der Waals surface area contributed by atoms with Gasteiger partial charge in [0.15, 0.2) is 0 Å². The second-order valence-electron chi connectivity index (χ2n) is 12.0. The Morgan fingerprint density at radius 2 is 1.91 bits per heavy atom. The fourth-order valence-electron chi connectivity index (χ4n) is 6.49. The fraction of sp³-hybridized carbons (Fsp3) is 0.455. The Morgan fingerprint density at radius 3 is 2.62 bits per heavy atom. The third-order valence-electron chi connectivity index (χ3n) is 9.19. The number of aromatic nitrogens is 5. The Labute approximate surface area is 263 Å². The SMILES string of the molecule is CCc1nn(C2COC2)c(CC)c1NC(=O)c1ccn2c1CCc1cnc(Nc3ccc(N4CCN(C)CC4)cc3OC)nc1-2. The van der Waals surface area contributed by atoms with Crippen LogP contribution in [0.15, 0.2) is 36.7 Å². The van der Waals surface area contributed by atoms with Crippen molar-refractivity contribution in [2.75, 3.05) is 69.1 Å². The molecule has 2 fully saturated rings. The van der Waals surface area contributed by atoms with Gasteiger partial charge in [0.05, 0.1) is 54.7 Å². The molecule has 0 unspecified atom stereocenters. The average molecular weight is 612 g/mol. The molecule has 7 rings (SSSR count). The maximum atomic E-state index is 13.7. The number of aryl methyl sites for hydroxylation is 2. The minimum Gasteiger partial charge on any atom is -0.494 e. The van der Waals surface area contributed by atoms with Crippen molar-refractivity contribution in [1.82, 2.24) is 29.2 Å². The molecule has 0 atom stereocenters. The minimum atomic E-state index is -0.126. The number of carbonyl (C=O) groups is 1. The summed E-state index contributed by atoms with van der Waals surface area (Å²) in [6.45, 7) is 9.53. The molecule has 1 amide bonds. The van der Waals surface area contributed by atoms with E-state index < -0.39 is 0 Å². The molecule has 0 radical (unpaired) electrons. The first-order valence-electron chi connectivity index (χ1n) is 15.9. The molecule has 2 saturated heterocycles. The van der Waals surface area contributed by atoms with E-state index in [-0.39, 0.29) is 11.9 Å². The van der Waals surface area contributed by atoms with E-state index in [4.69, 9.17) is 19.6 Å². The Kier molecular flexibility index (Phi) is 7.92. The lowest BCUT2D eigenvalue weighted by molar-refractivity contribution is -0.0298. The Hall–Kier alpha value is -4.42. The van der Waals surface area contributed by atoms with Crippen molar-refractivity contribution in [2.45, 2.75) is 45.6 Å². The van der Waals surface area contributed by atoms with E-state index in [9.17, 15) is 4.79 Å². The monoisotopic (exact) mass is 611 g/mol. The highest BCUT2D eigenvalue weighted by Gasteiger charge is 2.29. The van der Waals surface area contributed by atoms with Crippen molar-refractivity contribution in [1.29, 1.82) is 0 Å². The van der Waals surface area contributed by atoms with Crippen LogP contribution >= 0.6 is 0 Å². The van der Waals surface area contributed by atoms with Gasteiger partial charge in [-0.25, -0.2) is 4.98 Å². The predicted octanol–water partition coefficient (Wildman–Crippen LogP) is 4.01. The largest absolute Gasteiger partial charge is 0.494 e. The number of likely N-dealkylation sites (N-methyl/N-ethyl adjacent to an activating group) is 1. The summed E-state index contributed by atoms with van der Waals surface area (Å²) in [5, 5.41) is 11.4. The summed E-state index contributed by atoms with van der Waals surface area (Å²) in [4.78, 5) is 28.0. The molecule has 45 heavy (non-hydrogen) atoms. The lowest BCUT2D eigenvalue weighted by atomic mass is 10.0. The lowest BCUT2D eigenvalue weighted by Gasteiger charge is -2.34. The average Bonchev–Trinajstić information content (AvgIpc) is 3.62. The first-order chi connectivity index (χ1) is 22.0. The molecule has 3 aromatic heterocycles. The van der Waals surface area contributed by atoms with Gasteiger partial charge in [-0.2, -0.15) is 10.1 Å². The van der Waals surface area contributed by atoms with Crippen LogP contribution in [0.5, 0.6) is 5.75 Å². The van der Waals surface area contributed by atoms with Crippen LogP contribution in [0.2, 0.25) is 0 Å². The molecule has 236 valence electrons. The van der Waals surface area contributed by atoms with Crippen LogP contribution in [0, 0.1) is 0 Å². The first-order valence-corrected chi connectivity index (χ1v) is 15.9. The molecule has 0 aliphatic carbocycles. The van der Waals surface area contributed by atoms with E-state index in [1.54, 1.807) is 7.11 Å². The number of hydrogen-bond donors (Lipinski definition) is 2. The zero-order valence-corrected chi connectivity index (χ0v) is 26.5. The van der Waals surface area contributed by atoms with Crippen molar-refractivity contribution in [3.05, 3.63) is 64.9 Å². The normalized spacial score (nSPS) is 16.6. The van der Waals surface area contributed by atoms with Crippen LogP contribution in [0.4, 0.5) is 23.0 Å². The van der Waals surface area contributed by atoms with Crippen molar-refractivity contribution in [2.24, 2.45) is 0 Å². The number of carbonyl (C=O) groups excluding carboxylic acids is 1. The quantitative estimate of drug-likeness (QED) is 0.290. The molecule has 0 spiro atoms. The number of ether oxygens (including phenoxy) is 2. The Morgan fingerprint density at radius 1 is 1.09 bits per heavy atom. The van der Waals surface area contributed by atoms with Gasteiger partial charge in [-0.1, -0.05) is 13.8 Å². The highest BCUT2D eigenvalue weighted by atomic mass is 16.5. The van der Waals surface area contributed by atoms with E-state index in [0.717, 1.165) is 103 Å². The molecule has 2 N–H and O–H groups in total. The molecule has 1 aromatic carbocycles. The number of nitrogens with one attached hydrogen (secondary N) is 2. The zero-order chi connectivity index (χ0) is 31.1. The van der Waals surface area contributed by atoms with Crippen LogP contribution in [-0.2, 0) is 30.4 Å². The van der Waals surface area contributed by atoms with Crippen LogP contribution in [0.25, 0.3) is 5.82 Å². The third-order valence-corrected chi connectivity index (χ3v) is 9.19. The third kappa shape index (κ3) is 5.42. The summed E-state index contributed by atoms with van der Waals surface area (Å²) in [5.41, 5.74) is 7.34. The van der Waals surface area contributed by atoms with Crippen molar-refractivity contribution >= 4 is 28.9 Å². The van der Waals surface area contributed by atoms with E-state index >= 15 is 0 Å². The summed E-state index contributed by atoms with van der Waals surface area (Å²) in [6.07, 6.45) is 6.79. The van der Waals surface area contributed by atoms with Crippen LogP contribution < -0.4 is 20.3 Å². The standard InChI is InChI=1S/C33H41N9O3/c1-5-25-30(27(6-2)42(38-25)23-19-45-20-23)36-32(43)24-11-12-41-28(24)10-7-21-18-34-33(37-31(21)41)35-26-9-8-22(17-29(26)44-4)40-15-13-39(3)14-16-40/h8-9,11-12,17-18,23H,5-7,10,13-16,19-20H2,1-4H3,(H,36,43)(H,34,35,37). The molecule has 12 nitrogen and oxygen atoms in total. The summed E-state index contributed by atoms with van der Waals surface area (Å²) in [6, 6.07) is 8.32. The molecule has 3 aliphatic heterocycles. The highest BCUT2D eigenvalue weighted by molar-refractivity contribution is 6.06. The van der Waals surface area contributed by atoms with Gasteiger partial charge in [0.1, 0.15) is 11.6 Å². The molecule has 3 aliphatic rings. The minimum absolute atomic E-state index is 0.126. The van der Waals surface area contributed by atoms with Gasteiger partial charge >= 0.3 is 0 Å². The number of rotatable bonds is 9. The van der Waals surface area contributed by atoms with Crippen LogP contribution in [0.1, 0.15) is 52.9 Å². The lowest BCUT2D eigenvalue weighted by Crippen LogP contribution is -2.44. The Balaban J connectivity index is 1.12. The number of piperazine rings is 1. The number of nitrogens with zero attached hydrogens (tertiary/aromatic N) is 7. The number of fused-ring (bicyclic) bond motifs is 3. The second kappa shape index (κ2) is 12.2. The van der Waals surface area contributed by atoms with Gasteiger partial charge in [-0.3, -0.25) is 9.48 Å². The number of amides is 1. The molecular formula is C33H41N9O3. The number of hydrogen-bond acceptors (Lipinski definition) is 9. The van der Waals surface area contributed by atoms with Gasteiger partial charge in [-0.05, 0) is 50.9 Å². The van der Waals surface area contributed by atoms with Crippen LogP contribution in [-0.4, -0.2) is 88.7 Å². The fourth-order valence-corrected chi connectivity index (χ4v) is 6.49. The molecule has 6 heterocycles. The van der Waals surface area contributed by atoms with Gasteiger partial charge in [-0.15, -0.1) is 0 Å². The molecular weight excluding hydrogens is 570 g/mol. The molecule has 0 bridgehead atoms. The van der Waals surface area contributed by atoms with E-state index in [2.05, 4.69) is 58.4 Å². The van der Waals surface area contributed by atoms with Gasteiger partial charge in [0.2, 0.25) is 5.95 Å². The molecule has 4 aromatic rings. The topological polar surface area (TPSA) is 115 Å². The maximum Gasteiger partial charge on any atom is 0.257 e. The summed E-state index contributed by atoms with van der Waals surface area (Å²) in [5.74, 6) is 1.86. The summed E-state index contributed by atoms with van der Waals surface area (Å²) < 4.78 is 15.2. The van der Waals surface area contributed by atoms with E-state index in [0.29, 0.717) is 24.7 Å². The van der Waals surface area contributed by atoms with E-state index in [1.807, 2.05) is 33.8 Å². The van der Waals surface area contributed by atoms with Gasteiger partial charge < -0.3 is 34.5 Å². The van der Waals surface area contributed by atoms with Gasteiger partial charge in [0.25, 0.3) is 5.91 Å². The molecule has 0 saturated carbocycles. The van der Waals surface area contributed by atoms with Crippen molar-refractivity contribution in [3.63, 3.8) is 0 Å². The number of benzene rings is 1. The zero-order valence-electron chi connectivity index (χ0n) is 26.5. The van der Waals surface area contributed by atoms with E-state index in [1.165, 1.54) is 0 Å². The smallest absolute Gasteiger partial charge is 0.257 e.